The molecule has 0 aliphatic heterocycles. The monoisotopic (exact) mass is 334 g/mol. The maximum Gasteiger partial charge on any atom is 0.246 e. The van der Waals surface area contributed by atoms with Crippen molar-refractivity contribution in [2.24, 2.45) is 0 Å². The van der Waals surface area contributed by atoms with Crippen molar-refractivity contribution in [1.29, 1.82) is 0 Å². The van der Waals surface area contributed by atoms with Crippen molar-refractivity contribution < 1.29 is 4.79 Å². The maximum atomic E-state index is 12.5. The fraction of sp³-hybridized carbons (Fsp3) is 0.200. The van der Waals surface area contributed by atoms with Gasteiger partial charge in [0.15, 0.2) is 0 Å². The van der Waals surface area contributed by atoms with Gasteiger partial charge in [0.2, 0.25) is 5.91 Å². The lowest BCUT2D eigenvalue weighted by Gasteiger charge is -2.22. The molecule has 128 valence electrons. The highest BCUT2D eigenvalue weighted by Crippen LogP contribution is 2.23. The Morgan fingerprint density at radius 1 is 1.32 bits per heavy atom. The number of aromatic amines is 1. The minimum Gasteiger partial charge on any atom is -0.383 e. The minimum absolute atomic E-state index is 0.0594. The van der Waals surface area contributed by atoms with Crippen LogP contribution in [0.15, 0.2) is 48.7 Å². The third-order valence-corrected chi connectivity index (χ3v) is 4.49. The number of hydrogen-bond acceptors (Lipinski definition) is 3. The highest BCUT2D eigenvalue weighted by Gasteiger charge is 2.17. The van der Waals surface area contributed by atoms with Crippen molar-refractivity contribution in [2.75, 3.05) is 12.8 Å². The van der Waals surface area contributed by atoms with E-state index < -0.39 is 0 Å². The largest absolute Gasteiger partial charge is 0.383 e. The van der Waals surface area contributed by atoms with Gasteiger partial charge >= 0.3 is 0 Å². The molecule has 1 atom stereocenters. The Balaban J connectivity index is 1.74. The van der Waals surface area contributed by atoms with E-state index in [1.54, 1.807) is 30.3 Å². The normalized spacial score (nSPS) is 12.6. The van der Waals surface area contributed by atoms with Crippen molar-refractivity contribution in [1.82, 2.24) is 14.9 Å². The molecule has 3 aromatic rings. The standard InChI is InChI=1S/C20H22N4O/c1-13-10-15(12-22-20(13)21)8-9-19(25)24(3)14(2)18-11-16-6-4-5-7-17(16)23-18/h4-12,14,23H,1-3H3,(H2,21,22). The molecule has 0 spiro atoms. The predicted octanol–water partition coefficient (Wildman–Crippen LogP) is 3.69. The van der Waals surface area contributed by atoms with Gasteiger partial charge in [0, 0.05) is 30.5 Å². The molecule has 0 fully saturated rings. The SMILES string of the molecule is Cc1cc(C=CC(=O)N(C)C(C)c2cc3ccccc3[nH]2)cnc1N. The Morgan fingerprint density at radius 2 is 2.08 bits per heavy atom. The number of amides is 1. The van der Waals surface area contributed by atoms with Gasteiger partial charge in [-0.15, -0.1) is 0 Å². The van der Waals surface area contributed by atoms with E-state index in [-0.39, 0.29) is 11.9 Å². The molecular formula is C20H22N4O. The second-order valence-electron chi connectivity index (χ2n) is 6.24. The van der Waals surface area contributed by atoms with Crippen LogP contribution < -0.4 is 5.73 Å². The van der Waals surface area contributed by atoms with Gasteiger partial charge in [-0.05, 0) is 54.6 Å². The van der Waals surface area contributed by atoms with Gasteiger partial charge in [-0.3, -0.25) is 4.79 Å². The van der Waals surface area contributed by atoms with Crippen molar-refractivity contribution in [2.45, 2.75) is 19.9 Å². The number of nitrogens with zero attached hydrogens (tertiary/aromatic N) is 2. The van der Waals surface area contributed by atoms with Crippen LogP contribution in [0.1, 0.15) is 29.8 Å². The van der Waals surface area contributed by atoms with Crippen LogP contribution in [0.2, 0.25) is 0 Å². The molecule has 1 amide bonds. The van der Waals surface area contributed by atoms with E-state index in [0.717, 1.165) is 27.7 Å². The van der Waals surface area contributed by atoms with Crippen LogP contribution in [0.25, 0.3) is 17.0 Å². The van der Waals surface area contributed by atoms with Gasteiger partial charge in [0.25, 0.3) is 0 Å². The number of carbonyl (C=O) groups is 1. The number of likely N-dealkylation sites (N-methyl/N-ethyl adjacent to an activating group) is 1. The number of nitrogens with two attached hydrogens (primary N) is 1. The lowest BCUT2D eigenvalue weighted by Crippen LogP contribution is -2.28. The quantitative estimate of drug-likeness (QED) is 0.715. The number of pyridine rings is 1. The molecular weight excluding hydrogens is 312 g/mol. The van der Waals surface area contributed by atoms with Crippen molar-refractivity contribution in [3.8, 4) is 0 Å². The van der Waals surface area contributed by atoms with Crippen LogP contribution in [0, 0.1) is 6.92 Å². The molecule has 0 radical (unpaired) electrons. The summed E-state index contributed by atoms with van der Waals surface area (Å²) in [6, 6.07) is 12.0. The molecule has 2 aromatic heterocycles. The summed E-state index contributed by atoms with van der Waals surface area (Å²) in [5, 5.41) is 1.14. The third kappa shape index (κ3) is 3.55. The summed E-state index contributed by atoms with van der Waals surface area (Å²) in [6.45, 7) is 3.90. The van der Waals surface area contributed by atoms with E-state index in [1.807, 2.05) is 38.1 Å². The Kier molecular flexibility index (Phi) is 4.57. The number of nitrogen functional groups attached to an aromatic ring is 1. The van der Waals surface area contributed by atoms with Crippen LogP contribution >= 0.6 is 0 Å². The highest BCUT2D eigenvalue weighted by atomic mass is 16.2. The molecule has 0 saturated carbocycles. The molecule has 0 saturated heterocycles. The van der Waals surface area contributed by atoms with E-state index in [9.17, 15) is 4.79 Å². The summed E-state index contributed by atoms with van der Waals surface area (Å²) in [7, 11) is 1.80. The van der Waals surface area contributed by atoms with Gasteiger partial charge in [0.1, 0.15) is 5.82 Å². The number of aromatic nitrogens is 2. The van der Waals surface area contributed by atoms with Crippen molar-refractivity contribution in [3.05, 3.63) is 65.5 Å². The third-order valence-electron chi connectivity index (χ3n) is 4.49. The zero-order chi connectivity index (χ0) is 18.0. The number of aryl methyl sites for hydroxylation is 1. The van der Waals surface area contributed by atoms with Crippen LogP contribution in [0.5, 0.6) is 0 Å². The number of nitrogens with one attached hydrogen (secondary N) is 1. The van der Waals surface area contributed by atoms with Crippen LogP contribution in [-0.2, 0) is 4.79 Å². The van der Waals surface area contributed by atoms with E-state index in [1.165, 1.54) is 0 Å². The van der Waals surface area contributed by atoms with Crippen molar-refractivity contribution >= 4 is 28.7 Å². The number of carbonyl (C=O) groups excluding carboxylic acids is 1. The molecule has 3 rings (SSSR count). The summed E-state index contributed by atoms with van der Waals surface area (Å²) in [4.78, 5) is 21.7. The molecule has 3 N–H and O–H groups in total. The number of anilines is 1. The van der Waals surface area contributed by atoms with Crippen LogP contribution in [0.3, 0.4) is 0 Å². The average Bonchev–Trinajstić information content (AvgIpc) is 3.05. The van der Waals surface area contributed by atoms with E-state index in [4.69, 9.17) is 5.73 Å². The number of fused-ring (bicyclic) bond motifs is 1. The first-order valence-electron chi connectivity index (χ1n) is 8.20. The first-order valence-corrected chi connectivity index (χ1v) is 8.20. The lowest BCUT2D eigenvalue weighted by atomic mass is 10.1. The Bertz CT molecular complexity index is 909. The van der Waals surface area contributed by atoms with E-state index >= 15 is 0 Å². The number of para-hydroxylation sites is 1. The van der Waals surface area contributed by atoms with Crippen LogP contribution in [-0.4, -0.2) is 27.8 Å². The Morgan fingerprint density at radius 3 is 2.80 bits per heavy atom. The molecule has 25 heavy (non-hydrogen) atoms. The predicted molar refractivity (Wildman–Crippen MR) is 102 cm³/mol. The van der Waals surface area contributed by atoms with Gasteiger partial charge in [0.05, 0.1) is 6.04 Å². The molecule has 5 heteroatoms. The summed E-state index contributed by atoms with van der Waals surface area (Å²) in [5.41, 5.74) is 9.55. The number of rotatable bonds is 4. The van der Waals surface area contributed by atoms with Gasteiger partial charge in [-0.2, -0.15) is 0 Å². The second-order valence-corrected chi connectivity index (χ2v) is 6.24. The van der Waals surface area contributed by atoms with Gasteiger partial charge in [-0.25, -0.2) is 4.98 Å². The van der Waals surface area contributed by atoms with Crippen LogP contribution in [0.4, 0.5) is 5.82 Å². The maximum absolute atomic E-state index is 12.5. The van der Waals surface area contributed by atoms with Crippen molar-refractivity contribution in [3.63, 3.8) is 0 Å². The lowest BCUT2D eigenvalue weighted by molar-refractivity contribution is -0.126. The summed E-state index contributed by atoms with van der Waals surface area (Å²) in [5.74, 6) is 0.439. The smallest absolute Gasteiger partial charge is 0.246 e. The summed E-state index contributed by atoms with van der Waals surface area (Å²) in [6.07, 6.45) is 4.98. The molecule has 2 heterocycles. The fourth-order valence-electron chi connectivity index (χ4n) is 2.70. The molecule has 1 aromatic carbocycles. The Labute approximate surface area is 147 Å². The molecule has 0 bridgehead atoms. The van der Waals surface area contributed by atoms with Gasteiger partial charge < -0.3 is 15.6 Å². The number of H-pyrrole nitrogens is 1. The van der Waals surface area contributed by atoms with Gasteiger partial charge in [-0.1, -0.05) is 18.2 Å². The zero-order valence-electron chi connectivity index (χ0n) is 14.7. The average molecular weight is 334 g/mol. The molecule has 0 aliphatic rings. The molecule has 5 nitrogen and oxygen atoms in total. The van der Waals surface area contributed by atoms with E-state index in [0.29, 0.717) is 5.82 Å². The summed E-state index contributed by atoms with van der Waals surface area (Å²) >= 11 is 0. The van der Waals surface area contributed by atoms with E-state index in [2.05, 4.69) is 22.1 Å². The highest BCUT2D eigenvalue weighted by molar-refractivity contribution is 5.92. The first-order chi connectivity index (χ1) is 12.0. The number of hydrogen-bond donors (Lipinski definition) is 2. The summed E-state index contributed by atoms with van der Waals surface area (Å²) < 4.78 is 0. The molecule has 1 unspecified atom stereocenters. The second kappa shape index (κ2) is 6.81. The first kappa shape index (κ1) is 16.8. The fourth-order valence-corrected chi connectivity index (χ4v) is 2.70. The molecule has 0 aliphatic carbocycles. The number of benzene rings is 1. The minimum atomic E-state index is -0.0689. The Hall–Kier alpha value is -3.08. The topological polar surface area (TPSA) is 75.0 Å². The zero-order valence-corrected chi connectivity index (χ0v) is 14.7.